The molecule has 1 saturated carbocycles. The molecule has 0 bridgehead atoms. The summed E-state index contributed by atoms with van der Waals surface area (Å²) in [6, 6.07) is 13.5. The molecule has 1 fully saturated rings. The number of hydrogen-bond acceptors (Lipinski definition) is 6. The minimum atomic E-state index is -0.593. The molecule has 1 unspecified atom stereocenters. The number of amides is 1. The zero-order valence-corrected chi connectivity index (χ0v) is 20.8. The Bertz CT molecular complexity index is 1340. The molecule has 0 spiro atoms. The van der Waals surface area contributed by atoms with Crippen molar-refractivity contribution in [3.63, 3.8) is 0 Å². The highest BCUT2D eigenvalue weighted by atomic mass is 16.6. The van der Waals surface area contributed by atoms with Crippen molar-refractivity contribution in [3.8, 4) is 17.2 Å². The lowest BCUT2D eigenvalue weighted by molar-refractivity contribution is 0.0513. The summed E-state index contributed by atoms with van der Waals surface area (Å²) in [7, 11) is 0. The topological polar surface area (TPSA) is 101 Å². The monoisotopic (exact) mass is 483 g/mol. The van der Waals surface area contributed by atoms with Crippen LogP contribution in [0.25, 0.3) is 11.1 Å². The standard InChI is InChI=1S/C28H29N5O3/c1-28(2,3)36-27(35)32-17-20-15-22(12-13-24(20)31-32)33(21-10-11-21)26(34)19-8-6-18(7-9-19)23-5-4-14-30-25(23)16-29/h4-9,14,17,21-22H,10-13,15H2,1-3H3. The maximum Gasteiger partial charge on any atom is 0.435 e. The number of pyridine rings is 1. The van der Waals surface area contributed by atoms with Crippen LogP contribution < -0.4 is 0 Å². The first kappa shape index (κ1) is 23.7. The molecular weight excluding hydrogens is 454 g/mol. The molecule has 2 aliphatic carbocycles. The highest BCUT2D eigenvalue weighted by Gasteiger charge is 2.39. The molecular formula is C28H29N5O3. The highest BCUT2D eigenvalue weighted by molar-refractivity contribution is 5.95. The zero-order valence-electron chi connectivity index (χ0n) is 20.8. The van der Waals surface area contributed by atoms with Crippen LogP contribution >= 0.6 is 0 Å². The highest BCUT2D eigenvalue weighted by Crippen LogP contribution is 2.35. The quantitative estimate of drug-likeness (QED) is 0.530. The van der Waals surface area contributed by atoms with E-state index in [1.165, 1.54) is 4.68 Å². The normalized spacial score (nSPS) is 17.1. The number of ether oxygens (including phenoxy) is 1. The maximum atomic E-state index is 13.6. The largest absolute Gasteiger partial charge is 0.442 e. The van der Waals surface area contributed by atoms with Gasteiger partial charge in [0.15, 0.2) is 0 Å². The Kier molecular flexibility index (Phi) is 6.09. The minimum Gasteiger partial charge on any atom is -0.442 e. The Balaban J connectivity index is 1.34. The molecule has 8 nitrogen and oxygen atoms in total. The van der Waals surface area contributed by atoms with Crippen LogP contribution in [-0.2, 0) is 17.6 Å². The summed E-state index contributed by atoms with van der Waals surface area (Å²) >= 11 is 0. The number of nitriles is 1. The minimum absolute atomic E-state index is 0.0173. The summed E-state index contributed by atoms with van der Waals surface area (Å²) in [5.41, 5.74) is 3.89. The Morgan fingerprint density at radius 2 is 1.86 bits per heavy atom. The van der Waals surface area contributed by atoms with Crippen molar-refractivity contribution in [2.75, 3.05) is 0 Å². The second-order valence-corrected chi connectivity index (χ2v) is 10.5. The molecule has 8 heteroatoms. The van der Waals surface area contributed by atoms with E-state index >= 15 is 0 Å². The molecule has 0 aliphatic heterocycles. The molecule has 5 rings (SSSR count). The molecule has 36 heavy (non-hydrogen) atoms. The summed E-state index contributed by atoms with van der Waals surface area (Å²) in [4.78, 5) is 32.3. The van der Waals surface area contributed by atoms with E-state index in [2.05, 4.69) is 16.2 Å². The van der Waals surface area contributed by atoms with Gasteiger partial charge in [-0.2, -0.15) is 15.0 Å². The van der Waals surface area contributed by atoms with E-state index in [-0.39, 0.29) is 18.0 Å². The van der Waals surface area contributed by atoms with E-state index in [4.69, 9.17) is 4.74 Å². The Hall–Kier alpha value is -3.99. The van der Waals surface area contributed by atoms with Crippen LogP contribution in [0.5, 0.6) is 0 Å². The van der Waals surface area contributed by atoms with Crippen LogP contribution in [0.4, 0.5) is 4.79 Å². The summed E-state index contributed by atoms with van der Waals surface area (Å²) in [6.45, 7) is 5.49. The van der Waals surface area contributed by atoms with Gasteiger partial charge in [0.25, 0.3) is 5.91 Å². The maximum absolute atomic E-state index is 13.6. The predicted molar refractivity (Wildman–Crippen MR) is 133 cm³/mol. The Morgan fingerprint density at radius 3 is 2.53 bits per heavy atom. The molecule has 0 radical (unpaired) electrons. The third-order valence-electron chi connectivity index (χ3n) is 6.55. The Labute approximate surface area is 210 Å². The SMILES string of the molecule is CC(C)(C)OC(=O)n1cc2c(n1)CCC(N(C(=O)c1ccc(-c3cccnc3C#N)cc1)C1CC1)C2. The number of benzene rings is 1. The van der Waals surface area contributed by atoms with Crippen LogP contribution in [0, 0.1) is 11.3 Å². The third-order valence-corrected chi connectivity index (χ3v) is 6.55. The fraction of sp³-hybridized carbons (Fsp3) is 0.393. The smallest absolute Gasteiger partial charge is 0.435 e. The lowest BCUT2D eigenvalue weighted by Gasteiger charge is -2.34. The fourth-order valence-corrected chi connectivity index (χ4v) is 4.78. The molecule has 2 heterocycles. The molecule has 1 amide bonds. The summed E-state index contributed by atoms with van der Waals surface area (Å²) < 4.78 is 6.74. The van der Waals surface area contributed by atoms with Gasteiger partial charge in [-0.25, -0.2) is 9.78 Å². The van der Waals surface area contributed by atoms with E-state index in [1.807, 2.05) is 56.0 Å². The van der Waals surface area contributed by atoms with Crippen LogP contribution in [-0.4, -0.2) is 49.3 Å². The molecule has 1 atom stereocenters. The third kappa shape index (κ3) is 4.87. The molecule has 0 N–H and O–H groups in total. The number of nitrogens with zero attached hydrogens (tertiary/aromatic N) is 5. The van der Waals surface area contributed by atoms with Gasteiger partial charge in [-0.05, 0) is 88.3 Å². The first-order valence-electron chi connectivity index (χ1n) is 12.3. The van der Waals surface area contributed by atoms with Gasteiger partial charge < -0.3 is 9.64 Å². The summed E-state index contributed by atoms with van der Waals surface area (Å²) in [5, 5.41) is 13.8. The van der Waals surface area contributed by atoms with Gasteiger partial charge in [0, 0.05) is 35.6 Å². The molecule has 3 aromatic rings. The van der Waals surface area contributed by atoms with Gasteiger partial charge in [0.2, 0.25) is 0 Å². The number of carbonyl (C=O) groups excluding carboxylic acids is 2. The van der Waals surface area contributed by atoms with Gasteiger partial charge in [0.1, 0.15) is 17.4 Å². The lowest BCUT2D eigenvalue weighted by Crippen LogP contribution is -2.44. The van der Waals surface area contributed by atoms with Crippen LogP contribution in [0.1, 0.15) is 67.3 Å². The number of carbonyl (C=O) groups is 2. The molecule has 2 aliphatic rings. The van der Waals surface area contributed by atoms with Crippen molar-refractivity contribution >= 4 is 12.0 Å². The van der Waals surface area contributed by atoms with Crippen molar-refractivity contribution in [3.05, 3.63) is 71.3 Å². The van der Waals surface area contributed by atoms with E-state index in [0.717, 1.165) is 41.6 Å². The number of rotatable bonds is 4. The van der Waals surface area contributed by atoms with E-state index in [9.17, 15) is 14.9 Å². The molecule has 0 saturated heterocycles. The van der Waals surface area contributed by atoms with E-state index in [1.54, 1.807) is 18.5 Å². The van der Waals surface area contributed by atoms with E-state index < -0.39 is 11.7 Å². The van der Waals surface area contributed by atoms with Crippen molar-refractivity contribution in [2.45, 2.75) is 70.6 Å². The molecule has 2 aromatic heterocycles. The lowest BCUT2D eigenvalue weighted by atomic mass is 9.91. The predicted octanol–water partition coefficient (Wildman–Crippen LogP) is 4.76. The summed E-state index contributed by atoms with van der Waals surface area (Å²) in [5.74, 6) is 0.0173. The van der Waals surface area contributed by atoms with Gasteiger partial charge in [-0.1, -0.05) is 12.1 Å². The zero-order chi connectivity index (χ0) is 25.4. The van der Waals surface area contributed by atoms with Crippen molar-refractivity contribution in [1.29, 1.82) is 5.26 Å². The van der Waals surface area contributed by atoms with Crippen molar-refractivity contribution in [2.24, 2.45) is 0 Å². The van der Waals surface area contributed by atoms with Gasteiger partial charge >= 0.3 is 6.09 Å². The average molecular weight is 484 g/mol. The van der Waals surface area contributed by atoms with E-state index in [0.29, 0.717) is 24.1 Å². The van der Waals surface area contributed by atoms with Gasteiger partial charge in [-0.15, -0.1) is 0 Å². The van der Waals surface area contributed by atoms with Crippen LogP contribution in [0.2, 0.25) is 0 Å². The number of aromatic nitrogens is 3. The van der Waals surface area contributed by atoms with Crippen molar-refractivity contribution in [1.82, 2.24) is 19.7 Å². The molecule has 1 aromatic carbocycles. The Morgan fingerprint density at radius 1 is 1.11 bits per heavy atom. The van der Waals surface area contributed by atoms with Crippen molar-refractivity contribution < 1.29 is 14.3 Å². The van der Waals surface area contributed by atoms with Gasteiger partial charge in [-0.3, -0.25) is 4.79 Å². The molecule has 184 valence electrons. The van der Waals surface area contributed by atoms with Crippen LogP contribution in [0.3, 0.4) is 0 Å². The first-order valence-corrected chi connectivity index (χ1v) is 12.3. The average Bonchev–Trinajstić information content (AvgIpc) is 3.59. The van der Waals surface area contributed by atoms with Gasteiger partial charge in [0.05, 0.1) is 5.69 Å². The second-order valence-electron chi connectivity index (χ2n) is 10.5. The van der Waals surface area contributed by atoms with Crippen LogP contribution in [0.15, 0.2) is 48.8 Å². The first-order chi connectivity index (χ1) is 17.2. The number of aryl methyl sites for hydroxylation is 1. The number of fused-ring (bicyclic) bond motifs is 1. The summed E-state index contributed by atoms with van der Waals surface area (Å²) in [6.07, 6.45) is 7.05. The number of hydrogen-bond donors (Lipinski definition) is 0. The second kappa shape index (κ2) is 9.23. The fourth-order valence-electron chi connectivity index (χ4n) is 4.78.